The summed E-state index contributed by atoms with van der Waals surface area (Å²) < 4.78 is 13.3. The van der Waals surface area contributed by atoms with Gasteiger partial charge in [-0.15, -0.1) is 0 Å². The Kier molecular flexibility index (Phi) is 1.89. The van der Waals surface area contributed by atoms with E-state index in [0.29, 0.717) is 10.2 Å². The van der Waals surface area contributed by atoms with Crippen LogP contribution >= 0.6 is 15.9 Å². The Hall–Kier alpha value is -0.640. The van der Waals surface area contributed by atoms with Gasteiger partial charge in [-0.1, -0.05) is 0 Å². The molecule has 1 rings (SSSR count). The second-order valence-corrected chi connectivity index (χ2v) is 2.77. The zero-order valence-corrected chi connectivity index (χ0v) is 6.94. The van der Waals surface area contributed by atoms with Crippen LogP contribution in [0.5, 0.6) is 0 Å². The van der Waals surface area contributed by atoms with Crippen molar-refractivity contribution in [3.63, 3.8) is 0 Å². The largest absolute Gasteiger partial charge is 0.381 e. The van der Waals surface area contributed by atoms with Crippen molar-refractivity contribution in [2.24, 2.45) is 0 Å². The van der Waals surface area contributed by atoms with Crippen molar-refractivity contribution in [1.82, 2.24) is 4.98 Å². The van der Waals surface area contributed by atoms with Crippen LogP contribution in [-0.2, 0) is 0 Å². The van der Waals surface area contributed by atoms with Crippen LogP contribution in [0.2, 0.25) is 0 Å². The molecule has 0 saturated heterocycles. The van der Waals surface area contributed by atoms with E-state index < -0.39 is 5.82 Å². The fraction of sp³-hybridized carbons (Fsp3) is 0.167. The van der Waals surface area contributed by atoms with Crippen molar-refractivity contribution in [1.29, 1.82) is 0 Å². The third-order valence-electron chi connectivity index (χ3n) is 1.13. The maximum Gasteiger partial charge on any atom is 0.168 e. The molecular formula is C6H6BrFN2. The number of halogens is 2. The predicted octanol–water partition coefficient (Wildman–Crippen LogP) is 1.87. The Labute approximate surface area is 66.4 Å². The number of nitrogen functional groups attached to an aromatic ring is 1. The van der Waals surface area contributed by atoms with E-state index >= 15 is 0 Å². The molecule has 0 saturated carbocycles. The summed E-state index contributed by atoms with van der Waals surface area (Å²) in [7, 11) is 0. The van der Waals surface area contributed by atoms with Crippen molar-refractivity contribution in [2.75, 3.05) is 5.73 Å². The average molecular weight is 205 g/mol. The standard InChI is InChI=1S/C6H6BrFN2/c1-3-2-4(7)10-6(9)5(3)8/h2H,1H3,(H2,9,10). The second-order valence-electron chi connectivity index (χ2n) is 1.96. The molecule has 0 aromatic carbocycles. The van der Waals surface area contributed by atoms with E-state index in [1.54, 1.807) is 13.0 Å². The van der Waals surface area contributed by atoms with Crippen molar-refractivity contribution in [3.05, 3.63) is 22.1 Å². The fourth-order valence-electron chi connectivity index (χ4n) is 0.640. The lowest BCUT2D eigenvalue weighted by atomic mass is 10.3. The van der Waals surface area contributed by atoms with Gasteiger partial charge in [-0.2, -0.15) is 0 Å². The molecular weight excluding hydrogens is 199 g/mol. The Bertz CT molecular complexity index is 239. The van der Waals surface area contributed by atoms with Gasteiger partial charge in [0.25, 0.3) is 0 Å². The highest BCUT2D eigenvalue weighted by molar-refractivity contribution is 9.10. The molecule has 2 nitrogen and oxygen atoms in total. The summed E-state index contributed by atoms with van der Waals surface area (Å²) in [4.78, 5) is 3.65. The lowest BCUT2D eigenvalue weighted by Crippen LogP contribution is -1.97. The monoisotopic (exact) mass is 204 g/mol. The Morgan fingerprint density at radius 2 is 2.30 bits per heavy atom. The predicted molar refractivity (Wildman–Crippen MR) is 41.0 cm³/mol. The molecule has 4 heteroatoms. The first-order valence-electron chi connectivity index (χ1n) is 2.69. The van der Waals surface area contributed by atoms with Crippen molar-refractivity contribution >= 4 is 21.7 Å². The molecule has 0 spiro atoms. The molecule has 0 atom stereocenters. The first-order chi connectivity index (χ1) is 4.61. The van der Waals surface area contributed by atoms with E-state index in [9.17, 15) is 4.39 Å². The zero-order chi connectivity index (χ0) is 7.72. The van der Waals surface area contributed by atoms with Crippen molar-refractivity contribution in [3.8, 4) is 0 Å². The van der Waals surface area contributed by atoms with E-state index in [4.69, 9.17) is 5.73 Å². The van der Waals surface area contributed by atoms with E-state index in [0.717, 1.165) is 0 Å². The number of rotatable bonds is 0. The number of nitrogens with two attached hydrogens (primary N) is 1. The zero-order valence-electron chi connectivity index (χ0n) is 5.36. The molecule has 0 radical (unpaired) electrons. The summed E-state index contributed by atoms with van der Waals surface area (Å²) in [5.74, 6) is -0.505. The Balaban J connectivity index is 3.31. The first kappa shape index (κ1) is 7.47. The van der Waals surface area contributed by atoms with Gasteiger partial charge in [0, 0.05) is 0 Å². The van der Waals surface area contributed by atoms with Crippen LogP contribution in [0.25, 0.3) is 0 Å². The number of anilines is 1. The second kappa shape index (κ2) is 2.54. The SMILES string of the molecule is Cc1cc(Br)nc(N)c1F. The summed E-state index contributed by atoms with van der Waals surface area (Å²) >= 11 is 3.09. The molecule has 2 N–H and O–H groups in total. The van der Waals surface area contributed by atoms with Crippen LogP contribution in [0.3, 0.4) is 0 Å². The molecule has 0 unspecified atom stereocenters. The number of hydrogen-bond acceptors (Lipinski definition) is 2. The summed E-state index contributed by atoms with van der Waals surface area (Å²) in [5, 5.41) is 0. The molecule has 0 aliphatic heterocycles. The quantitative estimate of drug-likeness (QED) is 0.656. The van der Waals surface area contributed by atoms with E-state index in [1.807, 2.05) is 0 Å². The Morgan fingerprint density at radius 1 is 1.70 bits per heavy atom. The minimum Gasteiger partial charge on any atom is -0.381 e. The third-order valence-corrected chi connectivity index (χ3v) is 1.54. The van der Waals surface area contributed by atoms with Gasteiger partial charge in [0.1, 0.15) is 4.60 Å². The highest BCUT2D eigenvalue weighted by atomic mass is 79.9. The molecule has 10 heavy (non-hydrogen) atoms. The molecule has 0 amide bonds. The lowest BCUT2D eigenvalue weighted by Gasteiger charge is -1.98. The number of aryl methyl sites for hydroxylation is 1. The summed E-state index contributed by atoms with van der Waals surface area (Å²) in [6, 6.07) is 1.58. The van der Waals surface area contributed by atoms with Crippen LogP contribution in [0, 0.1) is 12.7 Å². The fourth-order valence-corrected chi connectivity index (χ4v) is 1.17. The summed E-state index contributed by atoms with van der Waals surface area (Å²) in [6.07, 6.45) is 0. The average Bonchev–Trinajstić information content (AvgIpc) is 1.82. The topological polar surface area (TPSA) is 38.9 Å². The molecule has 1 heterocycles. The molecule has 0 aliphatic carbocycles. The lowest BCUT2D eigenvalue weighted by molar-refractivity contribution is 0.617. The summed E-state index contributed by atoms with van der Waals surface area (Å²) in [6.45, 7) is 1.64. The van der Waals surface area contributed by atoms with E-state index in [2.05, 4.69) is 20.9 Å². The van der Waals surface area contributed by atoms with Crippen molar-refractivity contribution < 1.29 is 4.39 Å². The molecule has 0 aliphatic rings. The van der Waals surface area contributed by atoms with Gasteiger partial charge in [0.2, 0.25) is 0 Å². The van der Waals surface area contributed by atoms with Gasteiger partial charge in [-0.3, -0.25) is 0 Å². The minimum atomic E-state index is -0.441. The van der Waals surface area contributed by atoms with E-state index in [-0.39, 0.29) is 5.82 Å². The maximum absolute atomic E-state index is 12.7. The number of hydrogen-bond donors (Lipinski definition) is 1. The molecule has 0 fully saturated rings. The Morgan fingerprint density at radius 3 is 2.80 bits per heavy atom. The normalized spacial score (nSPS) is 9.90. The van der Waals surface area contributed by atoms with Crippen LogP contribution in [-0.4, -0.2) is 4.98 Å². The smallest absolute Gasteiger partial charge is 0.168 e. The van der Waals surface area contributed by atoms with Gasteiger partial charge in [-0.05, 0) is 34.5 Å². The molecule has 1 aromatic heterocycles. The molecule has 1 aromatic rings. The van der Waals surface area contributed by atoms with Crippen LogP contribution in [0.15, 0.2) is 10.7 Å². The van der Waals surface area contributed by atoms with E-state index in [1.165, 1.54) is 0 Å². The van der Waals surface area contributed by atoms with Gasteiger partial charge in [0.05, 0.1) is 0 Å². The minimum absolute atomic E-state index is 0.0631. The number of pyridine rings is 1. The van der Waals surface area contributed by atoms with Crippen molar-refractivity contribution in [2.45, 2.75) is 6.92 Å². The van der Waals surface area contributed by atoms with Crippen LogP contribution in [0.1, 0.15) is 5.56 Å². The van der Waals surface area contributed by atoms with Crippen LogP contribution < -0.4 is 5.73 Å². The molecule has 54 valence electrons. The number of aromatic nitrogens is 1. The van der Waals surface area contributed by atoms with Gasteiger partial charge >= 0.3 is 0 Å². The van der Waals surface area contributed by atoms with Gasteiger partial charge in [-0.25, -0.2) is 9.37 Å². The molecule has 0 bridgehead atoms. The number of nitrogens with zero attached hydrogens (tertiary/aromatic N) is 1. The maximum atomic E-state index is 12.7. The van der Waals surface area contributed by atoms with Crippen LogP contribution in [0.4, 0.5) is 10.2 Å². The third kappa shape index (κ3) is 1.26. The highest BCUT2D eigenvalue weighted by Gasteiger charge is 2.03. The summed E-state index contributed by atoms with van der Waals surface area (Å²) in [5.41, 5.74) is 5.70. The van der Waals surface area contributed by atoms with Gasteiger partial charge in [0.15, 0.2) is 11.6 Å². The highest BCUT2D eigenvalue weighted by Crippen LogP contribution is 2.16. The van der Waals surface area contributed by atoms with Gasteiger partial charge < -0.3 is 5.73 Å². The first-order valence-corrected chi connectivity index (χ1v) is 3.48.